The highest BCUT2D eigenvalue weighted by atomic mass is 16.6. The summed E-state index contributed by atoms with van der Waals surface area (Å²) < 4.78 is 21.3. The Morgan fingerprint density at radius 1 is 0.636 bits per heavy atom. The lowest BCUT2D eigenvalue weighted by atomic mass is 10.0. The predicted octanol–water partition coefficient (Wildman–Crippen LogP) is 4.81. The van der Waals surface area contributed by atoms with Crippen molar-refractivity contribution in [1.82, 2.24) is 0 Å². The fourth-order valence-electron chi connectivity index (χ4n) is 2.40. The van der Waals surface area contributed by atoms with Crippen molar-refractivity contribution in [3.8, 4) is 28.4 Å². The predicted molar refractivity (Wildman–Crippen MR) is 124 cm³/mol. The Labute approximate surface area is 192 Å². The lowest BCUT2D eigenvalue weighted by molar-refractivity contribution is -0.139. The molecular formula is C26H26O7. The zero-order chi connectivity index (χ0) is 24.5. The highest BCUT2D eigenvalue weighted by Gasteiger charge is 2.12. The SMILES string of the molecule is C=C(C)C(=O)OCCOc1cc(OC(=O)C(=C)C)cc(-c2ccc(OC(=O)C(=C)C)cc2)c1. The number of benzene rings is 2. The van der Waals surface area contributed by atoms with E-state index in [1.54, 1.807) is 63.2 Å². The Kier molecular flexibility index (Phi) is 8.74. The van der Waals surface area contributed by atoms with Gasteiger partial charge in [-0.15, -0.1) is 0 Å². The van der Waals surface area contributed by atoms with Crippen LogP contribution in [0.4, 0.5) is 0 Å². The number of hydrogen-bond donors (Lipinski definition) is 0. The van der Waals surface area contributed by atoms with Crippen LogP contribution in [0.15, 0.2) is 78.9 Å². The summed E-state index contributed by atoms with van der Waals surface area (Å²) in [4.78, 5) is 35.2. The van der Waals surface area contributed by atoms with Crippen LogP contribution in [0.3, 0.4) is 0 Å². The standard InChI is InChI=1S/C26H26O7/c1-16(2)24(27)31-12-11-30-22-13-20(14-23(15-22)33-26(29)18(5)6)19-7-9-21(10-8-19)32-25(28)17(3)4/h7-10,13-15H,1,3,5,11-12H2,2,4,6H3. The zero-order valence-electron chi connectivity index (χ0n) is 18.9. The van der Waals surface area contributed by atoms with E-state index in [4.69, 9.17) is 18.9 Å². The molecule has 0 radical (unpaired) electrons. The van der Waals surface area contributed by atoms with Crippen LogP contribution >= 0.6 is 0 Å². The third-order valence-electron chi connectivity index (χ3n) is 4.12. The van der Waals surface area contributed by atoms with Gasteiger partial charge in [0.15, 0.2) is 0 Å². The molecule has 2 aromatic rings. The quantitative estimate of drug-likeness (QED) is 0.222. The van der Waals surface area contributed by atoms with Gasteiger partial charge in [-0.1, -0.05) is 31.9 Å². The number of ether oxygens (including phenoxy) is 4. The molecule has 33 heavy (non-hydrogen) atoms. The molecule has 0 aromatic heterocycles. The Hall–Kier alpha value is -4.13. The average molecular weight is 450 g/mol. The maximum atomic E-state index is 12.0. The van der Waals surface area contributed by atoms with E-state index in [1.807, 2.05) is 0 Å². The molecule has 172 valence electrons. The third kappa shape index (κ3) is 7.81. The van der Waals surface area contributed by atoms with Gasteiger partial charge in [0.2, 0.25) is 0 Å². The smallest absolute Gasteiger partial charge is 0.338 e. The number of hydrogen-bond acceptors (Lipinski definition) is 7. The molecule has 0 N–H and O–H groups in total. The average Bonchev–Trinajstić information content (AvgIpc) is 2.76. The monoisotopic (exact) mass is 450 g/mol. The van der Waals surface area contributed by atoms with Crippen LogP contribution in [0.25, 0.3) is 11.1 Å². The van der Waals surface area contributed by atoms with Crippen molar-refractivity contribution in [2.24, 2.45) is 0 Å². The van der Waals surface area contributed by atoms with Crippen LogP contribution in [-0.2, 0) is 19.1 Å². The third-order valence-corrected chi connectivity index (χ3v) is 4.12. The van der Waals surface area contributed by atoms with Crippen molar-refractivity contribution in [3.05, 3.63) is 78.9 Å². The maximum absolute atomic E-state index is 12.0. The van der Waals surface area contributed by atoms with E-state index < -0.39 is 17.9 Å². The molecule has 0 aliphatic heterocycles. The highest BCUT2D eigenvalue weighted by Crippen LogP contribution is 2.31. The maximum Gasteiger partial charge on any atom is 0.338 e. The van der Waals surface area contributed by atoms with Crippen molar-refractivity contribution in [2.45, 2.75) is 20.8 Å². The lowest BCUT2D eigenvalue weighted by Gasteiger charge is -2.13. The molecule has 2 rings (SSSR count). The van der Waals surface area contributed by atoms with Crippen molar-refractivity contribution in [3.63, 3.8) is 0 Å². The van der Waals surface area contributed by atoms with Crippen LogP contribution in [0.2, 0.25) is 0 Å². The highest BCUT2D eigenvalue weighted by molar-refractivity contribution is 5.89. The number of rotatable bonds is 10. The van der Waals surface area contributed by atoms with Crippen LogP contribution in [0.5, 0.6) is 17.2 Å². The first-order chi connectivity index (χ1) is 15.6. The first-order valence-corrected chi connectivity index (χ1v) is 10.0. The van der Waals surface area contributed by atoms with E-state index in [0.717, 1.165) is 5.56 Å². The topological polar surface area (TPSA) is 88.1 Å². The number of carbonyl (C=O) groups is 3. The molecule has 0 saturated heterocycles. The minimum atomic E-state index is -0.574. The van der Waals surface area contributed by atoms with Gasteiger partial charge in [-0.25, -0.2) is 14.4 Å². The van der Waals surface area contributed by atoms with Gasteiger partial charge < -0.3 is 18.9 Å². The van der Waals surface area contributed by atoms with Gasteiger partial charge in [0.25, 0.3) is 0 Å². The molecule has 7 nitrogen and oxygen atoms in total. The molecule has 0 spiro atoms. The second-order valence-corrected chi connectivity index (χ2v) is 7.32. The molecule has 0 unspecified atom stereocenters. The Morgan fingerprint density at radius 3 is 1.70 bits per heavy atom. The normalized spacial score (nSPS) is 10.0. The molecule has 0 heterocycles. The summed E-state index contributed by atoms with van der Waals surface area (Å²) >= 11 is 0. The van der Waals surface area contributed by atoms with Crippen molar-refractivity contribution in [1.29, 1.82) is 0 Å². The second kappa shape index (κ2) is 11.5. The minimum absolute atomic E-state index is 0.0274. The largest absolute Gasteiger partial charge is 0.490 e. The number of carbonyl (C=O) groups excluding carboxylic acids is 3. The molecule has 0 aliphatic carbocycles. The molecule has 0 saturated carbocycles. The van der Waals surface area contributed by atoms with E-state index in [1.165, 1.54) is 0 Å². The fraction of sp³-hybridized carbons (Fsp3) is 0.192. The molecule has 7 heteroatoms. The van der Waals surface area contributed by atoms with Crippen molar-refractivity contribution in [2.75, 3.05) is 13.2 Å². The van der Waals surface area contributed by atoms with Gasteiger partial charge in [0.05, 0.1) is 0 Å². The van der Waals surface area contributed by atoms with Crippen molar-refractivity contribution < 1.29 is 33.3 Å². The fourth-order valence-corrected chi connectivity index (χ4v) is 2.40. The summed E-state index contributed by atoms with van der Waals surface area (Å²) in [5, 5.41) is 0. The van der Waals surface area contributed by atoms with Crippen LogP contribution in [0, 0.1) is 0 Å². The van der Waals surface area contributed by atoms with E-state index in [0.29, 0.717) is 28.2 Å². The minimum Gasteiger partial charge on any atom is -0.490 e. The Bertz CT molecular complexity index is 1090. The summed E-state index contributed by atoms with van der Waals surface area (Å²) in [6.45, 7) is 15.4. The molecule has 0 bridgehead atoms. The van der Waals surface area contributed by atoms with Gasteiger partial charge in [-0.2, -0.15) is 0 Å². The van der Waals surface area contributed by atoms with Gasteiger partial charge in [-0.3, -0.25) is 0 Å². The van der Waals surface area contributed by atoms with E-state index in [9.17, 15) is 14.4 Å². The summed E-state index contributed by atoms with van der Waals surface area (Å²) in [7, 11) is 0. The van der Waals surface area contributed by atoms with E-state index in [-0.39, 0.29) is 24.5 Å². The molecular weight excluding hydrogens is 424 g/mol. The van der Waals surface area contributed by atoms with Crippen LogP contribution in [-0.4, -0.2) is 31.1 Å². The zero-order valence-corrected chi connectivity index (χ0v) is 18.9. The molecule has 0 aliphatic rings. The van der Waals surface area contributed by atoms with Crippen molar-refractivity contribution >= 4 is 17.9 Å². The van der Waals surface area contributed by atoms with E-state index >= 15 is 0 Å². The summed E-state index contributed by atoms with van der Waals surface area (Å²) in [5.41, 5.74) is 2.29. The molecule has 0 fully saturated rings. The van der Waals surface area contributed by atoms with Gasteiger partial charge in [0, 0.05) is 22.8 Å². The number of esters is 3. The Morgan fingerprint density at radius 2 is 1.15 bits per heavy atom. The van der Waals surface area contributed by atoms with Gasteiger partial charge >= 0.3 is 17.9 Å². The molecule has 2 aromatic carbocycles. The van der Waals surface area contributed by atoms with Gasteiger partial charge in [-0.05, 0) is 56.2 Å². The summed E-state index contributed by atoms with van der Waals surface area (Å²) in [6, 6.07) is 11.7. The second-order valence-electron chi connectivity index (χ2n) is 7.32. The Balaban J connectivity index is 2.23. The summed E-state index contributed by atoms with van der Waals surface area (Å²) in [5.74, 6) is -0.563. The first kappa shape index (κ1) is 25.1. The van der Waals surface area contributed by atoms with Crippen LogP contribution in [0.1, 0.15) is 20.8 Å². The first-order valence-electron chi connectivity index (χ1n) is 10.0. The molecule has 0 atom stereocenters. The summed E-state index contributed by atoms with van der Waals surface area (Å²) in [6.07, 6.45) is 0. The van der Waals surface area contributed by atoms with E-state index in [2.05, 4.69) is 19.7 Å². The molecule has 0 amide bonds. The van der Waals surface area contributed by atoms with Crippen LogP contribution < -0.4 is 14.2 Å². The lowest BCUT2D eigenvalue weighted by Crippen LogP contribution is -2.12. The van der Waals surface area contributed by atoms with Gasteiger partial charge in [0.1, 0.15) is 30.5 Å².